The molecule has 0 aromatic carbocycles. The zero-order valence-electron chi connectivity index (χ0n) is 8.41. The minimum Gasteiger partial charge on any atom is -0.480 e. The lowest BCUT2D eigenvalue weighted by Crippen LogP contribution is -2.59. The molecule has 2 atom stereocenters. The summed E-state index contributed by atoms with van der Waals surface area (Å²) in [5.41, 5.74) is 0. The smallest absolute Gasteiger partial charge is 0.321 e. The van der Waals surface area contributed by atoms with E-state index in [1.54, 1.807) is 0 Å². The second kappa shape index (κ2) is 4.41. The van der Waals surface area contributed by atoms with Gasteiger partial charge in [-0.3, -0.25) is 14.9 Å². The average molecular weight is 200 g/mol. The van der Waals surface area contributed by atoms with Gasteiger partial charge in [0, 0.05) is 0 Å². The molecule has 14 heavy (non-hydrogen) atoms. The molecule has 80 valence electrons. The number of carboxylic acid groups (broad SMARTS) is 1. The van der Waals surface area contributed by atoms with E-state index in [-0.39, 0.29) is 18.5 Å². The number of carboxylic acids is 1. The van der Waals surface area contributed by atoms with Crippen LogP contribution in [0.1, 0.15) is 26.7 Å². The largest absolute Gasteiger partial charge is 0.480 e. The van der Waals surface area contributed by atoms with Crippen molar-refractivity contribution in [1.82, 2.24) is 10.6 Å². The van der Waals surface area contributed by atoms with Gasteiger partial charge in [0.2, 0.25) is 5.91 Å². The van der Waals surface area contributed by atoms with Crippen LogP contribution in [0.5, 0.6) is 0 Å². The van der Waals surface area contributed by atoms with Gasteiger partial charge in [0.15, 0.2) is 0 Å². The third-order valence-electron chi connectivity index (χ3n) is 2.13. The highest BCUT2D eigenvalue weighted by molar-refractivity contribution is 5.85. The molecule has 2 unspecified atom stereocenters. The van der Waals surface area contributed by atoms with Crippen molar-refractivity contribution in [3.8, 4) is 0 Å². The highest BCUT2D eigenvalue weighted by Crippen LogP contribution is 2.08. The summed E-state index contributed by atoms with van der Waals surface area (Å²) in [6, 6.07) is -0.743. The molecule has 0 spiro atoms. The summed E-state index contributed by atoms with van der Waals surface area (Å²) in [5, 5.41) is 14.4. The van der Waals surface area contributed by atoms with Crippen LogP contribution in [-0.4, -0.2) is 29.2 Å². The summed E-state index contributed by atoms with van der Waals surface area (Å²) in [4.78, 5) is 21.8. The molecule has 1 saturated heterocycles. The second-order valence-corrected chi connectivity index (χ2v) is 4.01. The first-order valence-corrected chi connectivity index (χ1v) is 4.77. The van der Waals surface area contributed by atoms with Crippen LogP contribution in [0.15, 0.2) is 0 Å². The van der Waals surface area contributed by atoms with E-state index in [0.717, 1.165) is 6.42 Å². The fourth-order valence-electron chi connectivity index (χ4n) is 1.54. The lowest BCUT2D eigenvalue weighted by atomic mass is 10.0. The molecule has 0 bridgehead atoms. The van der Waals surface area contributed by atoms with Crippen LogP contribution in [0, 0.1) is 5.92 Å². The Hall–Kier alpha value is -1.10. The number of hydrogen-bond acceptors (Lipinski definition) is 3. The van der Waals surface area contributed by atoms with E-state index in [1.165, 1.54) is 0 Å². The standard InChI is InChI=1S/C9H16N2O3/c1-5(2)3-7-10-6(9(13)14)4-8(12)11-7/h5-7,10H,3-4H2,1-2H3,(H,11,12)(H,13,14). The molecule has 0 radical (unpaired) electrons. The first-order valence-electron chi connectivity index (χ1n) is 4.77. The van der Waals surface area contributed by atoms with E-state index < -0.39 is 12.0 Å². The van der Waals surface area contributed by atoms with Gasteiger partial charge in [0.05, 0.1) is 12.6 Å². The van der Waals surface area contributed by atoms with Gasteiger partial charge in [0.25, 0.3) is 0 Å². The highest BCUT2D eigenvalue weighted by atomic mass is 16.4. The van der Waals surface area contributed by atoms with Crippen LogP contribution < -0.4 is 10.6 Å². The van der Waals surface area contributed by atoms with Crippen molar-refractivity contribution >= 4 is 11.9 Å². The number of rotatable bonds is 3. The van der Waals surface area contributed by atoms with E-state index in [0.29, 0.717) is 5.92 Å². The van der Waals surface area contributed by atoms with Crippen molar-refractivity contribution in [2.45, 2.75) is 38.9 Å². The van der Waals surface area contributed by atoms with E-state index in [2.05, 4.69) is 10.6 Å². The van der Waals surface area contributed by atoms with Crippen molar-refractivity contribution in [3.63, 3.8) is 0 Å². The zero-order valence-corrected chi connectivity index (χ0v) is 8.41. The minimum atomic E-state index is -0.964. The molecular formula is C9H16N2O3. The third kappa shape index (κ3) is 2.99. The SMILES string of the molecule is CC(C)CC1NC(=O)CC(C(=O)O)N1. The molecule has 1 heterocycles. The van der Waals surface area contributed by atoms with E-state index in [9.17, 15) is 9.59 Å². The summed E-state index contributed by atoms with van der Waals surface area (Å²) in [7, 11) is 0. The predicted molar refractivity (Wildman–Crippen MR) is 50.6 cm³/mol. The van der Waals surface area contributed by atoms with Gasteiger partial charge in [-0.05, 0) is 12.3 Å². The molecule has 5 nitrogen and oxygen atoms in total. The summed E-state index contributed by atoms with van der Waals surface area (Å²) in [6.07, 6.45) is 0.553. The van der Waals surface area contributed by atoms with Gasteiger partial charge < -0.3 is 10.4 Å². The zero-order chi connectivity index (χ0) is 10.7. The molecule has 5 heteroatoms. The Balaban J connectivity index is 2.54. The van der Waals surface area contributed by atoms with Gasteiger partial charge in [-0.25, -0.2) is 0 Å². The lowest BCUT2D eigenvalue weighted by Gasteiger charge is -2.30. The van der Waals surface area contributed by atoms with Crippen molar-refractivity contribution in [2.24, 2.45) is 5.92 Å². The van der Waals surface area contributed by atoms with Crippen molar-refractivity contribution in [1.29, 1.82) is 0 Å². The number of nitrogens with one attached hydrogen (secondary N) is 2. The normalized spacial score (nSPS) is 27.5. The maximum atomic E-state index is 11.2. The van der Waals surface area contributed by atoms with Gasteiger partial charge >= 0.3 is 5.97 Å². The Bertz CT molecular complexity index is 240. The molecule has 1 aliphatic rings. The number of amides is 1. The molecular weight excluding hydrogens is 184 g/mol. The van der Waals surface area contributed by atoms with Crippen molar-refractivity contribution in [3.05, 3.63) is 0 Å². The van der Waals surface area contributed by atoms with E-state index in [4.69, 9.17) is 5.11 Å². The fourth-order valence-corrected chi connectivity index (χ4v) is 1.54. The fraction of sp³-hybridized carbons (Fsp3) is 0.778. The summed E-state index contributed by atoms with van der Waals surface area (Å²) < 4.78 is 0. The molecule has 0 aromatic heterocycles. The van der Waals surface area contributed by atoms with Crippen molar-refractivity contribution in [2.75, 3.05) is 0 Å². The Labute approximate surface area is 82.9 Å². The summed E-state index contributed by atoms with van der Waals surface area (Å²) in [6.45, 7) is 4.05. The molecule has 1 fully saturated rings. The van der Waals surface area contributed by atoms with Crippen LogP contribution >= 0.6 is 0 Å². The van der Waals surface area contributed by atoms with Crippen LogP contribution in [-0.2, 0) is 9.59 Å². The Morgan fingerprint density at radius 3 is 2.79 bits per heavy atom. The topological polar surface area (TPSA) is 78.4 Å². The Morgan fingerprint density at radius 1 is 1.64 bits per heavy atom. The molecule has 1 rings (SSSR count). The molecule has 1 amide bonds. The lowest BCUT2D eigenvalue weighted by molar-refractivity contribution is -0.143. The van der Waals surface area contributed by atoms with Crippen molar-refractivity contribution < 1.29 is 14.7 Å². The monoisotopic (exact) mass is 200 g/mol. The van der Waals surface area contributed by atoms with Gasteiger partial charge in [-0.15, -0.1) is 0 Å². The van der Waals surface area contributed by atoms with Crippen LogP contribution in [0.25, 0.3) is 0 Å². The third-order valence-corrected chi connectivity index (χ3v) is 2.13. The van der Waals surface area contributed by atoms with Gasteiger partial charge in [-0.2, -0.15) is 0 Å². The van der Waals surface area contributed by atoms with E-state index >= 15 is 0 Å². The first kappa shape index (κ1) is 11.0. The molecule has 0 saturated carbocycles. The molecule has 0 aromatic rings. The average Bonchev–Trinajstić information content (AvgIpc) is 2.01. The molecule has 1 aliphatic heterocycles. The first-order chi connectivity index (χ1) is 6.49. The molecule has 0 aliphatic carbocycles. The quantitative estimate of drug-likeness (QED) is 0.595. The number of hydrogen-bond donors (Lipinski definition) is 3. The Morgan fingerprint density at radius 2 is 2.29 bits per heavy atom. The summed E-state index contributed by atoms with van der Waals surface area (Å²) in [5.74, 6) is -0.740. The van der Waals surface area contributed by atoms with Crippen LogP contribution in [0.2, 0.25) is 0 Å². The van der Waals surface area contributed by atoms with E-state index in [1.807, 2.05) is 13.8 Å². The molecule has 3 N–H and O–H groups in total. The van der Waals surface area contributed by atoms with Crippen LogP contribution in [0.3, 0.4) is 0 Å². The second-order valence-electron chi connectivity index (χ2n) is 4.01. The predicted octanol–water partition coefficient (Wildman–Crippen LogP) is -0.0787. The number of aliphatic carboxylic acids is 1. The maximum absolute atomic E-state index is 11.2. The minimum absolute atomic E-state index is 0.0178. The summed E-state index contributed by atoms with van der Waals surface area (Å²) >= 11 is 0. The van der Waals surface area contributed by atoms with Crippen LogP contribution in [0.4, 0.5) is 0 Å². The number of carbonyl (C=O) groups is 2. The number of carbonyl (C=O) groups excluding carboxylic acids is 1. The maximum Gasteiger partial charge on any atom is 0.321 e. The van der Waals surface area contributed by atoms with Gasteiger partial charge in [0.1, 0.15) is 6.04 Å². The van der Waals surface area contributed by atoms with Gasteiger partial charge in [-0.1, -0.05) is 13.8 Å². The highest BCUT2D eigenvalue weighted by Gasteiger charge is 2.30. The Kier molecular flexibility index (Phi) is 3.46.